The van der Waals surface area contributed by atoms with Crippen LogP contribution in [0.3, 0.4) is 0 Å². The lowest BCUT2D eigenvalue weighted by Gasteiger charge is -2.34. The average molecular weight is 694 g/mol. The van der Waals surface area contributed by atoms with Gasteiger partial charge in [0.2, 0.25) is 0 Å². The van der Waals surface area contributed by atoms with Gasteiger partial charge in [-0.1, -0.05) is 130 Å². The van der Waals surface area contributed by atoms with Crippen molar-refractivity contribution in [1.82, 2.24) is 0 Å². The van der Waals surface area contributed by atoms with Gasteiger partial charge in [-0.3, -0.25) is 9.59 Å². The first-order chi connectivity index (χ1) is 24.1. The van der Waals surface area contributed by atoms with Crippen molar-refractivity contribution in [3.8, 4) is 0 Å². The predicted molar refractivity (Wildman–Crippen MR) is 203 cm³/mol. The molecule has 0 aliphatic heterocycles. The second-order valence-electron chi connectivity index (χ2n) is 12.5. The minimum atomic E-state index is -1.15. The van der Waals surface area contributed by atoms with E-state index in [1.165, 1.54) is 0 Å². The molecule has 0 aromatic heterocycles. The van der Waals surface area contributed by atoms with E-state index in [0.717, 1.165) is 38.5 Å². The highest BCUT2D eigenvalue weighted by molar-refractivity contribution is 5.70. The van der Waals surface area contributed by atoms with Crippen LogP contribution in [0.15, 0.2) is 109 Å². The second kappa shape index (κ2) is 32.2. The summed E-state index contributed by atoms with van der Waals surface area (Å²) in [7, 11) is 5.33. The highest BCUT2D eigenvalue weighted by atomic mass is 16.6. The van der Waals surface area contributed by atoms with Crippen LogP contribution in [-0.2, 0) is 28.6 Å². The molecular formula is C42H63NO7. The first kappa shape index (κ1) is 46.0. The molecule has 2 atom stereocenters. The lowest BCUT2D eigenvalue weighted by molar-refractivity contribution is -0.889. The third-order valence-corrected chi connectivity index (χ3v) is 7.11. The molecule has 0 amide bonds. The zero-order valence-corrected chi connectivity index (χ0v) is 31.3. The summed E-state index contributed by atoms with van der Waals surface area (Å²) >= 11 is 0. The summed E-state index contributed by atoms with van der Waals surface area (Å²) in [5.74, 6) is -1.92. The van der Waals surface area contributed by atoms with Crippen molar-refractivity contribution in [2.45, 2.75) is 96.6 Å². The van der Waals surface area contributed by atoms with Crippen molar-refractivity contribution in [1.29, 1.82) is 0 Å². The number of hydrogen-bond donors (Lipinski definition) is 0. The maximum atomic E-state index is 12.5. The number of carbonyl (C=O) groups excluding carboxylic acids is 3. The summed E-state index contributed by atoms with van der Waals surface area (Å²) in [5.41, 5.74) is 0. The van der Waals surface area contributed by atoms with Crippen molar-refractivity contribution in [3.63, 3.8) is 0 Å². The Hall–Kier alpha value is -4.01. The highest BCUT2D eigenvalue weighted by Crippen LogP contribution is 2.10. The minimum Gasteiger partial charge on any atom is -0.544 e. The number of esters is 2. The standard InChI is InChI=1S/C42H63NO7/c1-6-8-10-12-14-15-16-17-18-19-20-21-22-23-24-25-27-28-30-32-40(44)49-37-38(36-48-35-34-39(42(46)47)43(3,4)5)50-41(45)33-31-29-26-13-11-9-7-2/h8-12,14-24,26,29,38-39H,6-7,13,25,27-28,30-37H2,1-5H3/b10-8+,11-9+,14-12+,16-15+,18-17+,20-19+,22-21+,24-23+,29-26+. The molecule has 50 heavy (non-hydrogen) atoms. The Kier molecular flexibility index (Phi) is 29.6. The number of hydrogen-bond acceptors (Lipinski definition) is 7. The van der Waals surface area contributed by atoms with E-state index in [1.807, 2.05) is 85.1 Å². The molecule has 8 nitrogen and oxygen atoms in total. The van der Waals surface area contributed by atoms with E-state index in [9.17, 15) is 19.5 Å². The summed E-state index contributed by atoms with van der Waals surface area (Å²) in [6, 6.07) is -0.747. The number of carbonyl (C=O) groups is 3. The van der Waals surface area contributed by atoms with E-state index in [4.69, 9.17) is 14.2 Å². The fourth-order valence-corrected chi connectivity index (χ4v) is 4.35. The number of quaternary nitrogens is 1. The minimum absolute atomic E-state index is 0.00651. The third kappa shape index (κ3) is 30.1. The average Bonchev–Trinajstić information content (AvgIpc) is 3.06. The van der Waals surface area contributed by atoms with Crippen molar-refractivity contribution in [2.75, 3.05) is 41.0 Å². The fourth-order valence-electron chi connectivity index (χ4n) is 4.35. The molecule has 0 saturated carbocycles. The van der Waals surface area contributed by atoms with Gasteiger partial charge in [-0.25, -0.2) is 0 Å². The molecule has 278 valence electrons. The van der Waals surface area contributed by atoms with Crippen LogP contribution >= 0.6 is 0 Å². The Morgan fingerprint density at radius 2 is 1.20 bits per heavy atom. The quantitative estimate of drug-likeness (QED) is 0.0261. The molecular weight excluding hydrogens is 630 g/mol. The molecule has 0 rings (SSSR count). The Bertz CT molecular complexity index is 1180. The van der Waals surface area contributed by atoms with Crippen LogP contribution in [0.4, 0.5) is 0 Å². The zero-order valence-electron chi connectivity index (χ0n) is 31.3. The topological polar surface area (TPSA) is 102 Å². The van der Waals surface area contributed by atoms with Gasteiger partial charge in [-0.2, -0.15) is 0 Å². The molecule has 0 saturated heterocycles. The van der Waals surface area contributed by atoms with Gasteiger partial charge in [0.25, 0.3) is 0 Å². The number of allylic oxidation sites excluding steroid dienone is 18. The number of nitrogens with zero attached hydrogens (tertiary/aromatic N) is 1. The normalized spacial score (nSPS) is 14.3. The number of unbranched alkanes of at least 4 members (excludes halogenated alkanes) is 3. The number of carboxylic acids is 1. The van der Waals surface area contributed by atoms with Gasteiger partial charge in [-0.15, -0.1) is 0 Å². The summed E-state index contributed by atoms with van der Waals surface area (Å²) in [4.78, 5) is 36.4. The number of ether oxygens (including phenoxy) is 3. The molecule has 0 N–H and O–H groups in total. The lowest BCUT2D eigenvalue weighted by atomic mass is 10.1. The SMILES string of the molecule is CC/C=C/C=C/C=C/C=C/C=C/C=C/C=C/CCCCCC(=O)OCC(COCCC(C(=O)[O-])[N+](C)(C)C)OC(=O)CC/C=C/C/C=C/CC. The van der Waals surface area contributed by atoms with Crippen LogP contribution < -0.4 is 5.11 Å². The molecule has 2 unspecified atom stereocenters. The van der Waals surface area contributed by atoms with Crippen molar-refractivity contribution >= 4 is 17.9 Å². The monoisotopic (exact) mass is 693 g/mol. The molecule has 0 aromatic rings. The molecule has 0 aliphatic carbocycles. The fraction of sp³-hybridized carbons (Fsp3) is 0.500. The predicted octanol–water partition coefficient (Wildman–Crippen LogP) is 7.62. The first-order valence-corrected chi connectivity index (χ1v) is 18.0. The van der Waals surface area contributed by atoms with Crippen LogP contribution in [0.25, 0.3) is 0 Å². The third-order valence-electron chi connectivity index (χ3n) is 7.11. The van der Waals surface area contributed by atoms with Gasteiger partial charge in [0.05, 0.1) is 40.3 Å². The number of aliphatic carboxylic acids is 1. The second-order valence-corrected chi connectivity index (χ2v) is 12.5. The molecule has 8 heteroatoms. The first-order valence-electron chi connectivity index (χ1n) is 18.0. The molecule has 0 fully saturated rings. The molecule has 0 radical (unpaired) electrons. The van der Waals surface area contributed by atoms with E-state index in [2.05, 4.69) is 38.2 Å². The Morgan fingerprint density at radius 1 is 0.620 bits per heavy atom. The molecule has 0 bridgehead atoms. The Morgan fingerprint density at radius 3 is 1.78 bits per heavy atom. The summed E-state index contributed by atoms with van der Waals surface area (Å²) in [6.07, 6.45) is 43.0. The summed E-state index contributed by atoms with van der Waals surface area (Å²) in [6.45, 7) is 4.19. The molecule has 0 aromatic carbocycles. The van der Waals surface area contributed by atoms with Crippen molar-refractivity contribution in [2.24, 2.45) is 0 Å². The van der Waals surface area contributed by atoms with Crippen LogP contribution in [0.5, 0.6) is 0 Å². The van der Waals surface area contributed by atoms with Gasteiger partial charge in [0.1, 0.15) is 12.6 Å². The van der Waals surface area contributed by atoms with E-state index in [0.29, 0.717) is 12.8 Å². The van der Waals surface area contributed by atoms with Gasteiger partial charge >= 0.3 is 11.9 Å². The number of likely N-dealkylation sites (N-methyl/N-ethyl adjacent to an activating group) is 1. The van der Waals surface area contributed by atoms with E-state index in [-0.39, 0.29) is 49.5 Å². The van der Waals surface area contributed by atoms with Crippen molar-refractivity contribution < 1.29 is 38.2 Å². The Labute approximate surface area is 302 Å². The smallest absolute Gasteiger partial charge is 0.306 e. The number of rotatable bonds is 29. The van der Waals surface area contributed by atoms with Crippen molar-refractivity contribution in [3.05, 3.63) is 109 Å². The molecule has 0 heterocycles. The summed E-state index contributed by atoms with van der Waals surface area (Å²) in [5, 5.41) is 11.5. The van der Waals surface area contributed by atoms with Gasteiger partial charge in [0, 0.05) is 19.3 Å². The largest absolute Gasteiger partial charge is 0.544 e. The maximum absolute atomic E-state index is 12.5. The molecule has 0 spiro atoms. The lowest BCUT2D eigenvalue weighted by Crippen LogP contribution is -2.55. The van der Waals surface area contributed by atoms with E-state index < -0.39 is 24.1 Å². The molecule has 0 aliphatic rings. The highest BCUT2D eigenvalue weighted by Gasteiger charge is 2.25. The van der Waals surface area contributed by atoms with E-state index >= 15 is 0 Å². The Balaban J connectivity index is 4.53. The van der Waals surface area contributed by atoms with Gasteiger partial charge in [-0.05, 0) is 44.9 Å². The van der Waals surface area contributed by atoms with Crippen LogP contribution in [0.1, 0.15) is 84.5 Å². The van der Waals surface area contributed by atoms with Gasteiger partial charge in [0.15, 0.2) is 6.10 Å². The van der Waals surface area contributed by atoms with Crippen LogP contribution in [0, 0.1) is 0 Å². The van der Waals surface area contributed by atoms with Gasteiger partial charge < -0.3 is 28.6 Å². The zero-order chi connectivity index (χ0) is 37.1. The van der Waals surface area contributed by atoms with E-state index in [1.54, 1.807) is 21.1 Å². The van der Waals surface area contributed by atoms with Crippen LogP contribution in [0.2, 0.25) is 0 Å². The van der Waals surface area contributed by atoms with Crippen LogP contribution in [-0.4, -0.2) is 75.5 Å². The number of carboxylic acid groups (broad SMARTS) is 1. The summed E-state index contributed by atoms with van der Waals surface area (Å²) < 4.78 is 16.9. The maximum Gasteiger partial charge on any atom is 0.306 e.